The largest absolute Gasteiger partial charge is 0.319 e. The molecule has 1 N–H and O–H groups in total. The maximum atomic E-state index is 6.14. The van der Waals surface area contributed by atoms with E-state index in [4.69, 9.17) is 11.6 Å². The highest BCUT2D eigenvalue weighted by molar-refractivity contribution is 9.10. The van der Waals surface area contributed by atoms with Crippen LogP contribution in [-0.4, -0.2) is 13.6 Å². The van der Waals surface area contributed by atoms with E-state index < -0.39 is 0 Å². The summed E-state index contributed by atoms with van der Waals surface area (Å²) in [5.74, 6) is 0.690. The van der Waals surface area contributed by atoms with E-state index in [1.165, 1.54) is 12.0 Å². The van der Waals surface area contributed by atoms with Crippen molar-refractivity contribution in [3.63, 3.8) is 0 Å². The molecule has 1 rings (SSSR count). The third kappa shape index (κ3) is 4.54. The summed E-state index contributed by atoms with van der Waals surface area (Å²) in [7, 11) is 1.99. The molecule has 0 saturated heterocycles. The van der Waals surface area contributed by atoms with Crippen LogP contribution in [0.15, 0.2) is 22.7 Å². The first-order valence-corrected chi connectivity index (χ1v) is 6.39. The Balaban J connectivity index is 2.50. The maximum Gasteiger partial charge on any atom is 0.0449 e. The van der Waals surface area contributed by atoms with Gasteiger partial charge >= 0.3 is 0 Å². The van der Waals surface area contributed by atoms with Crippen molar-refractivity contribution in [3.05, 3.63) is 33.3 Å². The fraction of sp³-hybridized carbons (Fsp3) is 0.500. The maximum absolute atomic E-state index is 6.14. The van der Waals surface area contributed by atoms with Gasteiger partial charge in [-0.15, -0.1) is 0 Å². The van der Waals surface area contributed by atoms with Gasteiger partial charge in [0.1, 0.15) is 0 Å². The van der Waals surface area contributed by atoms with E-state index in [9.17, 15) is 0 Å². The van der Waals surface area contributed by atoms with Gasteiger partial charge in [-0.2, -0.15) is 0 Å². The summed E-state index contributed by atoms with van der Waals surface area (Å²) < 4.78 is 1.04. The predicted molar refractivity (Wildman–Crippen MR) is 70.6 cm³/mol. The van der Waals surface area contributed by atoms with Crippen LogP contribution in [0, 0.1) is 5.92 Å². The number of benzene rings is 1. The molecule has 0 amide bonds. The van der Waals surface area contributed by atoms with E-state index in [2.05, 4.69) is 34.2 Å². The lowest BCUT2D eigenvalue weighted by atomic mass is 10.0. The Labute approximate surface area is 105 Å². The average molecular weight is 291 g/mol. The zero-order chi connectivity index (χ0) is 11.3. The molecule has 0 heterocycles. The first-order chi connectivity index (χ1) is 7.13. The molecule has 0 bridgehead atoms. The first-order valence-electron chi connectivity index (χ1n) is 5.22. The Hall–Kier alpha value is -0.0500. The molecular weight excluding hydrogens is 273 g/mol. The predicted octanol–water partition coefficient (Wildman–Crippen LogP) is 3.89. The summed E-state index contributed by atoms with van der Waals surface area (Å²) >= 11 is 9.55. The van der Waals surface area contributed by atoms with Crippen LogP contribution in [0.5, 0.6) is 0 Å². The monoisotopic (exact) mass is 289 g/mol. The van der Waals surface area contributed by atoms with E-state index in [1.807, 2.05) is 19.2 Å². The Morgan fingerprint density at radius 2 is 2.20 bits per heavy atom. The lowest BCUT2D eigenvalue weighted by molar-refractivity contribution is 0.505. The van der Waals surface area contributed by atoms with Crippen molar-refractivity contribution in [2.45, 2.75) is 19.8 Å². The quantitative estimate of drug-likeness (QED) is 0.867. The molecule has 0 radical (unpaired) electrons. The van der Waals surface area contributed by atoms with Gasteiger partial charge in [-0.1, -0.05) is 40.5 Å². The van der Waals surface area contributed by atoms with Crippen LogP contribution in [0.3, 0.4) is 0 Å². The van der Waals surface area contributed by atoms with Crippen molar-refractivity contribution >= 4 is 27.5 Å². The number of aryl methyl sites for hydroxylation is 1. The molecule has 0 saturated carbocycles. The normalized spacial score (nSPS) is 12.8. The van der Waals surface area contributed by atoms with E-state index in [0.717, 1.165) is 22.5 Å². The van der Waals surface area contributed by atoms with E-state index >= 15 is 0 Å². The summed E-state index contributed by atoms with van der Waals surface area (Å²) in [5, 5.41) is 4.05. The second kappa shape index (κ2) is 6.51. The molecular formula is C12H17BrClN. The Bertz CT molecular complexity index is 314. The van der Waals surface area contributed by atoms with Crippen LogP contribution < -0.4 is 5.32 Å². The zero-order valence-corrected chi connectivity index (χ0v) is 11.5. The topological polar surface area (TPSA) is 12.0 Å². The number of nitrogens with one attached hydrogen (secondary N) is 1. The molecule has 1 unspecified atom stereocenters. The molecule has 0 aliphatic heterocycles. The second-order valence-electron chi connectivity index (χ2n) is 3.94. The number of hydrogen-bond donors (Lipinski definition) is 1. The van der Waals surface area contributed by atoms with Crippen molar-refractivity contribution in [2.75, 3.05) is 13.6 Å². The van der Waals surface area contributed by atoms with Crippen LogP contribution >= 0.6 is 27.5 Å². The minimum atomic E-state index is 0.690. The van der Waals surface area contributed by atoms with Crippen LogP contribution in [0.1, 0.15) is 18.9 Å². The number of halogens is 2. The fourth-order valence-corrected chi connectivity index (χ4v) is 2.34. The van der Waals surface area contributed by atoms with Crippen molar-refractivity contribution < 1.29 is 0 Å². The van der Waals surface area contributed by atoms with Gasteiger partial charge < -0.3 is 5.32 Å². The summed E-state index contributed by atoms with van der Waals surface area (Å²) in [6.45, 7) is 3.32. The molecule has 1 atom stereocenters. The highest BCUT2D eigenvalue weighted by Gasteiger charge is 2.04. The minimum absolute atomic E-state index is 0.690. The number of hydrogen-bond acceptors (Lipinski definition) is 1. The molecule has 3 heteroatoms. The third-order valence-corrected chi connectivity index (χ3v) is 3.32. The molecule has 0 aliphatic rings. The molecule has 0 aromatic heterocycles. The average Bonchev–Trinajstić information content (AvgIpc) is 2.17. The summed E-state index contributed by atoms with van der Waals surface area (Å²) in [5.41, 5.74) is 1.24. The first kappa shape index (κ1) is 13.0. The van der Waals surface area contributed by atoms with Gasteiger partial charge in [0.05, 0.1) is 0 Å². The van der Waals surface area contributed by atoms with Crippen LogP contribution in [-0.2, 0) is 6.42 Å². The van der Waals surface area contributed by atoms with Crippen molar-refractivity contribution in [3.8, 4) is 0 Å². The van der Waals surface area contributed by atoms with E-state index in [1.54, 1.807) is 0 Å². The van der Waals surface area contributed by atoms with Gasteiger partial charge in [-0.3, -0.25) is 0 Å². The van der Waals surface area contributed by atoms with Crippen molar-refractivity contribution in [1.82, 2.24) is 5.32 Å². The van der Waals surface area contributed by atoms with E-state index in [0.29, 0.717) is 5.92 Å². The molecule has 1 aromatic carbocycles. The molecule has 1 nitrogen and oxygen atoms in total. The highest BCUT2D eigenvalue weighted by Crippen LogP contribution is 2.23. The van der Waals surface area contributed by atoms with Gasteiger partial charge in [-0.05, 0) is 50.0 Å². The van der Waals surface area contributed by atoms with Crippen LogP contribution in [0.4, 0.5) is 0 Å². The summed E-state index contributed by atoms with van der Waals surface area (Å²) in [6.07, 6.45) is 2.22. The fourth-order valence-electron chi connectivity index (χ4n) is 1.58. The lowest BCUT2D eigenvalue weighted by Gasteiger charge is -2.11. The van der Waals surface area contributed by atoms with Gasteiger partial charge in [0.2, 0.25) is 0 Å². The van der Waals surface area contributed by atoms with Gasteiger partial charge in [-0.25, -0.2) is 0 Å². The SMILES string of the molecule is CNCC(C)CCc1ccc(Br)cc1Cl. The van der Waals surface area contributed by atoms with Gasteiger partial charge in [0, 0.05) is 9.50 Å². The van der Waals surface area contributed by atoms with Gasteiger partial charge in [0.25, 0.3) is 0 Å². The smallest absolute Gasteiger partial charge is 0.0449 e. The highest BCUT2D eigenvalue weighted by atomic mass is 79.9. The molecule has 0 aliphatic carbocycles. The zero-order valence-electron chi connectivity index (χ0n) is 9.19. The lowest BCUT2D eigenvalue weighted by Crippen LogP contribution is -2.16. The Morgan fingerprint density at radius 3 is 2.80 bits per heavy atom. The second-order valence-corrected chi connectivity index (χ2v) is 5.26. The standard InChI is InChI=1S/C12H17BrClN/c1-9(8-15-2)3-4-10-5-6-11(13)7-12(10)14/h5-7,9,15H,3-4,8H2,1-2H3. The molecule has 1 aromatic rings. The summed E-state index contributed by atoms with van der Waals surface area (Å²) in [4.78, 5) is 0. The van der Waals surface area contributed by atoms with Crippen LogP contribution in [0.25, 0.3) is 0 Å². The van der Waals surface area contributed by atoms with Crippen molar-refractivity contribution in [1.29, 1.82) is 0 Å². The molecule has 0 fully saturated rings. The number of rotatable bonds is 5. The summed E-state index contributed by atoms with van der Waals surface area (Å²) in [6, 6.07) is 6.10. The van der Waals surface area contributed by atoms with Gasteiger partial charge in [0.15, 0.2) is 0 Å². The van der Waals surface area contributed by atoms with Crippen LogP contribution in [0.2, 0.25) is 5.02 Å². The van der Waals surface area contributed by atoms with Crippen molar-refractivity contribution in [2.24, 2.45) is 5.92 Å². The molecule has 0 spiro atoms. The minimum Gasteiger partial charge on any atom is -0.319 e. The van der Waals surface area contributed by atoms with E-state index in [-0.39, 0.29) is 0 Å². The third-order valence-electron chi connectivity index (χ3n) is 2.47. The Kier molecular flexibility index (Phi) is 5.65. The molecule has 84 valence electrons. The molecule has 15 heavy (non-hydrogen) atoms. The Morgan fingerprint density at radius 1 is 1.47 bits per heavy atom.